The van der Waals surface area contributed by atoms with E-state index in [0.29, 0.717) is 5.82 Å². The van der Waals surface area contributed by atoms with Gasteiger partial charge in [0, 0.05) is 24.2 Å². The average molecular weight is 331 g/mol. The molecule has 4 rings (SSSR count). The van der Waals surface area contributed by atoms with Crippen LogP contribution in [0.2, 0.25) is 0 Å². The Bertz CT molecular complexity index is 1030. The predicted molar refractivity (Wildman–Crippen MR) is 97.5 cm³/mol. The lowest BCUT2D eigenvalue weighted by Crippen LogP contribution is -2.12. The van der Waals surface area contributed by atoms with E-state index >= 15 is 0 Å². The minimum Gasteiger partial charge on any atom is -0.392 e. The molecule has 6 heteroatoms. The summed E-state index contributed by atoms with van der Waals surface area (Å²) in [4.78, 5) is 11.1. The largest absolute Gasteiger partial charge is 0.392 e. The number of aromatic nitrogens is 4. The molecule has 124 valence electrons. The quantitative estimate of drug-likeness (QED) is 0.600. The first-order valence-corrected chi connectivity index (χ1v) is 7.95. The van der Waals surface area contributed by atoms with Gasteiger partial charge in [-0.2, -0.15) is 5.10 Å². The van der Waals surface area contributed by atoms with Gasteiger partial charge in [-0.3, -0.25) is 5.10 Å². The summed E-state index contributed by atoms with van der Waals surface area (Å²) in [5.74, 6) is 1.41. The van der Waals surface area contributed by atoms with Crippen molar-refractivity contribution in [2.75, 3.05) is 11.9 Å². The van der Waals surface area contributed by atoms with Crippen molar-refractivity contribution < 1.29 is 5.11 Å². The number of aliphatic hydroxyl groups excluding tert-OH is 1. The Morgan fingerprint density at radius 3 is 2.88 bits per heavy atom. The van der Waals surface area contributed by atoms with Crippen LogP contribution in [0.5, 0.6) is 0 Å². The Hall–Kier alpha value is -3.25. The standard InChI is InChI=1S/C19H17N5O/c1-24(17-7-3-6-16-15(17)11-21-23-16)18-8-9-20-19(22-18)14-5-2-4-13(10-14)12-25/h2-11,25H,12H2,1H3,(H,21,23). The first-order chi connectivity index (χ1) is 12.3. The summed E-state index contributed by atoms with van der Waals surface area (Å²) in [7, 11) is 1.97. The third kappa shape index (κ3) is 2.83. The van der Waals surface area contributed by atoms with E-state index in [1.54, 1.807) is 6.20 Å². The molecule has 25 heavy (non-hydrogen) atoms. The lowest BCUT2D eigenvalue weighted by Gasteiger charge is -2.19. The molecule has 6 nitrogen and oxygen atoms in total. The van der Waals surface area contributed by atoms with Gasteiger partial charge in [0.2, 0.25) is 0 Å². The number of fused-ring (bicyclic) bond motifs is 1. The number of nitrogens with one attached hydrogen (secondary N) is 1. The van der Waals surface area contributed by atoms with Crippen LogP contribution in [0.25, 0.3) is 22.3 Å². The van der Waals surface area contributed by atoms with Gasteiger partial charge in [-0.1, -0.05) is 24.3 Å². The number of H-pyrrole nitrogens is 1. The van der Waals surface area contributed by atoms with Gasteiger partial charge in [-0.15, -0.1) is 0 Å². The number of rotatable bonds is 4. The molecule has 0 fully saturated rings. The first kappa shape index (κ1) is 15.3. The molecule has 0 saturated heterocycles. The molecule has 0 unspecified atom stereocenters. The minimum absolute atomic E-state index is 0.00405. The Morgan fingerprint density at radius 1 is 1.12 bits per heavy atom. The van der Waals surface area contributed by atoms with E-state index in [9.17, 15) is 5.11 Å². The maximum atomic E-state index is 9.32. The summed E-state index contributed by atoms with van der Waals surface area (Å²) in [5.41, 5.74) is 3.71. The minimum atomic E-state index is -0.00405. The summed E-state index contributed by atoms with van der Waals surface area (Å²) in [6.45, 7) is -0.00405. The molecule has 0 amide bonds. The maximum Gasteiger partial charge on any atom is 0.161 e. The predicted octanol–water partition coefficient (Wildman–Crippen LogP) is 3.28. The van der Waals surface area contributed by atoms with Gasteiger partial charge >= 0.3 is 0 Å². The van der Waals surface area contributed by atoms with Gasteiger partial charge in [0.25, 0.3) is 0 Å². The van der Waals surface area contributed by atoms with Crippen molar-refractivity contribution in [2.45, 2.75) is 6.61 Å². The Balaban J connectivity index is 1.75. The van der Waals surface area contributed by atoms with Crippen molar-refractivity contribution in [2.24, 2.45) is 0 Å². The average Bonchev–Trinajstić information content (AvgIpc) is 3.16. The second-order valence-electron chi connectivity index (χ2n) is 5.76. The van der Waals surface area contributed by atoms with Gasteiger partial charge in [0.1, 0.15) is 5.82 Å². The van der Waals surface area contributed by atoms with Crippen molar-refractivity contribution >= 4 is 22.4 Å². The fourth-order valence-electron chi connectivity index (χ4n) is 2.85. The highest BCUT2D eigenvalue weighted by Gasteiger charge is 2.12. The zero-order valence-electron chi connectivity index (χ0n) is 13.7. The van der Waals surface area contributed by atoms with Crippen molar-refractivity contribution in [3.05, 3.63) is 66.5 Å². The van der Waals surface area contributed by atoms with E-state index in [2.05, 4.69) is 20.2 Å². The lowest BCUT2D eigenvalue weighted by molar-refractivity contribution is 0.282. The Morgan fingerprint density at radius 2 is 2.00 bits per heavy atom. The van der Waals surface area contributed by atoms with Crippen LogP contribution in [0.15, 0.2) is 60.9 Å². The molecule has 0 aliphatic heterocycles. The zero-order valence-corrected chi connectivity index (χ0v) is 13.7. The van der Waals surface area contributed by atoms with Crippen molar-refractivity contribution in [1.82, 2.24) is 20.2 Å². The number of aliphatic hydroxyl groups is 1. The van der Waals surface area contributed by atoms with Crippen LogP contribution in [-0.2, 0) is 6.61 Å². The van der Waals surface area contributed by atoms with Gasteiger partial charge in [-0.05, 0) is 29.8 Å². The van der Waals surface area contributed by atoms with E-state index in [1.165, 1.54) is 0 Å². The molecule has 2 aromatic heterocycles. The molecule has 0 radical (unpaired) electrons. The van der Waals surface area contributed by atoms with Crippen LogP contribution in [-0.4, -0.2) is 32.3 Å². The summed E-state index contributed by atoms with van der Waals surface area (Å²) in [6, 6.07) is 15.5. The third-order valence-corrected chi connectivity index (χ3v) is 4.18. The SMILES string of the molecule is CN(c1ccnc(-c2cccc(CO)c2)n1)c1cccc2[nH]ncc12. The second kappa shape index (κ2) is 6.33. The van der Waals surface area contributed by atoms with Crippen LogP contribution in [0, 0.1) is 0 Å². The van der Waals surface area contributed by atoms with Crippen molar-refractivity contribution in [3.8, 4) is 11.4 Å². The molecule has 2 heterocycles. The molecule has 0 atom stereocenters. The first-order valence-electron chi connectivity index (χ1n) is 7.95. The summed E-state index contributed by atoms with van der Waals surface area (Å²) < 4.78 is 0. The molecule has 0 bridgehead atoms. The highest BCUT2D eigenvalue weighted by molar-refractivity contribution is 5.93. The maximum absolute atomic E-state index is 9.32. The van der Waals surface area contributed by atoms with Gasteiger partial charge in [-0.25, -0.2) is 9.97 Å². The molecule has 0 spiro atoms. The van der Waals surface area contributed by atoms with E-state index < -0.39 is 0 Å². The van der Waals surface area contributed by atoms with Crippen LogP contribution < -0.4 is 4.90 Å². The van der Waals surface area contributed by atoms with Crippen LogP contribution >= 0.6 is 0 Å². The second-order valence-corrected chi connectivity index (χ2v) is 5.76. The molecule has 2 N–H and O–H groups in total. The Kier molecular flexibility index (Phi) is 3.87. The highest BCUT2D eigenvalue weighted by Crippen LogP contribution is 2.29. The molecular weight excluding hydrogens is 314 g/mol. The van der Waals surface area contributed by atoms with Crippen molar-refractivity contribution in [1.29, 1.82) is 0 Å². The number of hydrogen-bond donors (Lipinski definition) is 2. The van der Waals surface area contributed by atoms with Gasteiger partial charge < -0.3 is 10.0 Å². The molecule has 4 aromatic rings. The molecular formula is C19H17N5O. The number of nitrogens with zero attached hydrogens (tertiary/aromatic N) is 4. The fraction of sp³-hybridized carbons (Fsp3) is 0.105. The van der Waals surface area contributed by atoms with Crippen molar-refractivity contribution in [3.63, 3.8) is 0 Å². The summed E-state index contributed by atoms with van der Waals surface area (Å²) in [5, 5.41) is 17.5. The van der Waals surface area contributed by atoms with Crippen LogP contribution in [0.1, 0.15) is 5.56 Å². The fourth-order valence-corrected chi connectivity index (χ4v) is 2.85. The van der Waals surface area contributed by atoms with Crippen LogP contribution in [0.4, 0.5) is 11.5 Å². The highest BCUT2D eigenvalue weighted by atomic mass is 16.3. The Labute approximate surface area is 144 Å². The monoisotopic (exact) mass is 331 g/mol. The molecule has 0 saturated carbocycles. The van der Waals surface area contributed by atoms with Gasteiger partial charge in [0.15, 0.2) is 5.82 Å². The van der Waals surface area contributed by atoms with E-state index in [1.807, 2.05) is 66.7 Å². The molecule has 0 aliphatic rings. The molecule has 2 aromatic carbocycles. The van der Waals surface area contributed by atoms with E-state index in [4.69, 9.17) is 0 Å². The summed E-state index contributed by atoms with van der Waals surface area (Å²) in [6.07, 6.45) is 3.56. The summed E-state index contributed by atoms with van der Waals surface area (Å²) >= 11 is 0. The third-order valence-electron chi connectivity index (χ3n) is 4.18. The smallest absolute Gasteiger partial charge is 0.161 e. The van der Waals surface area contributed by atoms with Crippen LogP contribution in [0.3, 0.4) is 0 Å². The normalized spacial score (nSPS) is 11.0. The van der Waals surface area contributed by atoms with E-state index in [-0.39, 0.29) is 6.61 Å². The van der Waals surface area contributed by atoms with E-state index in [0.717, 1.165) is 33.5 Å². The number of anilines is 2. The zero-order chi connectivity index (χ0) is 17.2. The lowest BCUT2D eigenvalue weighted by atomic mass is 10.1. The number of hydrogen-bond acceptors (Lipinski definition) is 5. The van der Waals surface area contributed by atoms with Gasteiger partial charge in [0.05, 0.1) is 24.0 Å². The number of benzene rings is 2. The molecule has 0 aliphatic carbocycles. The number of aromatic amines is 1. The topological polar surface area (TPSA) is 77.9 Å².